The molecule has 2 saturated carbocycles. The van der Waals surface area contributed by atoms with E-state index in [1.807, 2.05) is 0 Å². The highest BCUT2D eigenvalue weighted by atomic mass is 14.3. The van der Waals surface area contributed by atoms with Crippen LogP contribution in [0.5, 0.6) is 0 Å². The molecule has 2 rings (SSSR count). The summed E-state index contributed by atoms with van der Waals surface area (Å²) in [6, 6.07) is 0. The van der Waals surface area contributed by atoms with Crippen LogP contribution in [-0.2, 0) is 0 Å². The summed E-state index contributed by atoms with van der Waals surface area (Å²) >= 11 is 0. The predicted molar refractivity (Wildman–Crippen MR) is 86.6 cm³/mol. The molecule has 0 nitrogen and oxygen atoms in total. The molecule has 0 amide bonds. The lowest BCUT2D eigenvalue weighted by Gasteiger charge is -2.27. The topological polar surface area (TPSA) is 0 Å². The van der Waals surface area contributed by atoms with Crippen LogP contribution in [0.15, 0.2) is 0 Å². The summed E-state index contributed by atoms with van der Waals surface area (Å²) < 4.78 is 0. The van der Waals surface area contributed by atoms with Gasteiger partial charge in [0, 0.05) is 8.41 Å². The van der Waals surface area contributed by atoms with Crippen LogP contribution in [0, 0.1) is 11.8 Å². The van der Waals surface area contributed by atoms with Crippen molar-refractivity contribution in [3.8, 4) is 0 Å². The largest absolute Gasteiger partial charge is 0.0533 e. The Labute approximate surface area is 123 Å². The molecule has 109 valence electrons. The van der Waals surface area contributed by atoms with E-state index in [1.165, 1.54) is 77.0 Å². The van der Waals surface area contributed by atoms with Crippen molar-refractivity contribution in [2.75, 3.05) is 0 Å². The molecule has 0 aliphatic heterocycles. The second-order valence-electron chi connectivity index (χ2n) is 6.92. The Hall–Kier alpha value is 0.0649. The fraction of sp³-hybridized carbons (Fsp3) is 1.00. The second-order valence-corrected chi connectivity index (χ2v) is 6.92. The third-order valence-electron chi connectivity index (χ3n) is 5.47. The van der Waals surface area contributed by atoms with Gasteiger partial charge in [0.2, 0.25) is 0 Å². The van der Waals surface area contributed by atoms with E-state index in [4.69, 9.17) is 0 Å². The van der Waals surface area contributed by atoms with E-state index >= 15 is 0 Å². The van der Waals surface area contributed by atoms with Gasteiger partial charge in [-0.25, -0.2) is 0 Å². The maximum atomic E-state index is 1.56. The maximum Gasteiger partial charge on any atom is 0 e. The van der Waals surface area contributed by atoms with Gasteiger partial charge in [0.05, 0.1) is 0 Å². The van der Waals surface area contributed by atoms with E-state index in [1.54, 1.807) is 25.7 Å². The minimum atomic E-state index is 0. The Morgan fingerprint density at radius 3 is 0.789 bits per heavy atom. The van der Waals surface area contributed by atoms with Crippen molar-refractivity contribution < 1.29 is 0 Å². The molecule has 19 heavy (non-hydrogen) atoms. The van der Waals surface area contributed by atoms with Crippen LogP contribution < -0.4 is 0 Å². The van der Waals surface area contributed by atoms with Crippen molar-refractivity contribution in [2.24, 2.45) is 11.8 Å². The molecule has 3 radical (unpaired) electrons. The van der Waals surface area contributed by atoms with Gasteiger partial charge in [0.25, 0.3) is 0 Å². The molecule has 2 aliphatic carbocycles. The van der Waals surface area contributed by atoms with Gasteiger partial charge in [-0.2, -0.15) is 0 Å². The molecule has 0 atom stereocenters. The van der Waals surface area contributed by atoms with E-state index in [2.05, 4.69) is 0 Å². The van der Waals surface area contributed by atoms with Crippen LogP contribution in [0.2, 0.25) is 0 Å². The molecule has 2 aliphatic rings. The number of hydrogen-bond acceptors (Lipinski definition) is 0. The number of rotatable bonds is 1. The lowest BCUT2D eigenvalue weighted by Crippen LogP contribution is -2.15. The van der Waals surface area contributed by atoms with Gasteiger partial charge in [-0.3, -0.25) is 0 Å². The summed E-state index contributed by atoms with van der Waals surface area (Å²) in [6.07, 6.45) is 24.5. The molecule has 0 saturated heterocycles. The monoisotopic (exact) mass is 261 g/mol. The third-order valence-corrected chi connectivity index (χ3v) is 5.47. The van der Waals surface area contributed by atoms with Gasteiger partial charge in [0.15, 0.2) is 0 Å². The fourth-order valence-electron chi connectivity index (χ4n) is 4.27. The van der Waals surface area contributed by atoms with E-state index in [9.17, 15) is 0 Å². The lowest BCUT2D eigenvalue weighted by molar-refractivity contribution is 0.247. The van der Waals surface area contributed by atoms with Crippen LogP contribution in [0.4, 0.5) is 0 Å². The standard InChI is InChI=1S/C18H34.B/c1-2-6-10-14-17(13-9-5-1)18-15-11-7-3-4-8-12-16-18;/h17-18H,1-16H2;. The molecule has 1 heteroatoms. The third kappa shape index (κ3) is 6.86. The van der Waals surface area contributed by atoms with E-state index in [0.29, 0.717) is 0 Å². The summed E-state index contributed by atoms with van der Waals surface area (Å²) in [5.74, 6) is 2.20. The van der Waals surface area contributed by atoms with Crippen LogP contribution in [0.1, 0.15) is 103 Å². The fourth-order valence-corrected chi connectivity index (χ4v) is 4.27. The van der Waals surface area contributed by atoms with Gasteiger partial charge in [-0.1, -0.05) is 103 Å². The first kappa shape index (κ1) is 17.1. The minimum absolute atomic E-state index is 0. The summed E-state index contributed by atoms with van der Waals surface area (Å²) in [7, 11) is 0. The van der Waals surface area contributed by atoms with Crippen LogP contribution in [0.3, 0.4) is 0 Å². The first-order chi connectivity index (χ1) is 8.97. The molecule has 2 fully saturated rings. The lowest BCUT2D eigenvalue weighted by atomic mass is 9.79. The van der Waals surface area contributed by atoms with Crippen molar-refractivity contribution in [3.05, 3.63) is 0 Å². The average Bonchev–Trinajstić information content (AvgIpc) is 2.61. The first-order valence-corrected chi connectivity index (χ1v) is 8.97. The van der Waals surface area contributed by atoms with E-state index in [-0.39, 0.29) is 8.41 Å². The highest BCUT2D eigenvalue weighted by Gasteiger charge is 2.21. The van der Waals surface area contributed by atoms with E-state index in [0.717, 1.165) is 11.8 Å². The molecule has 0 aromatic heterocycles. The summed E-state index contributed by atoms with van der Waals surface area (Å²) in [4.78, 5) is 0. The van der Waals surface area contributed by atoms with Crippen LogP contribution >= 0.6 is 0 Å². The molecule has 0 aromatic carbocycles. The molecular weight excluding hydrogens is 227 g/mol. The normalized spacial score (nSPS) is 25.9. The van der Waals surface area contributed by atoms with Gasteiger partial charge >= 0.3 is 0 Å². The van der Waals surface area contributed by atoms with Gasteiger partial charge < -0.3 is 0 Å². The average molecular weight is 261 g/mol. The Morgan fingerprint density at radius 1 is 0.316 bits per heavy atom. The Kier molecular flexibility index (Phi) is 9.73. The zero-order valence-electron chi connectivity index (χ0n) is 13.0. The van der Waals surface area contributed by atoms with Crippen LogP contribution in [-0.4, -0.2) is 8.41 Å². The smallest absolute Gasteiger partial charge is 0 e. The highest BCUT2D eigenvalue weighted by Crippen LogP contribution is 2.35. The van der Waals surface area contributed by atoms with E-state index < -0.39 is 0 Å². The predicted octanol–water partition coefficient (Wildman–Crippen LogP) is 6.11. The van der Waals surface area contributed by atoms with Gasteiger partial charge in [-0.15, -0.1) is 0 Å². The Balaban J connectivity index is 0.00000180. The second kappa shape index (κ2) is 10.8. The minimum Gasteiger partial charge on any atom is -0.0533 e. The van der Waals surface area contributed by atoms with Crippen LogP contribution in [0.25, 0.3) is 0 Å². The zero-order chi connectivity index (χ0) is 12.5. The maximum absolute atomic E-state index is 1.56. The Bertz CT molecular complexity index is 160. The van der Waals surface area contributed by atoms with Crippen molar-refractivity contribution in [1.29, 1.82) is 0 Å². The van der Waals surface area contributed by atoms with Crippen molar-refractivity contribution in [3.63, 3.8) is 0 Å². The molecule has 0 N–H and O–H groups in total. The van der Waals surface area contributed by atoms with Gasteiger partial charge in [-0.05, 0) is 11.8 Å². The summed E-state index contributed by atoms with van der Waals surface area (Å²) in [5, 5.41) is 0. The molecule has 0 unspecified atom stereocenters. The quantitative estimate of drug-likeness (QED) is 0.500. The van der Waals surface area contributed by atoms with Crippen molar-refractivity contribution >= 4 is 8.41 Å². The molecule has 0 bridgehead atoms. The summed E-state index contributed by atoms with van der Waals surface area (Å²) in [6.45, 7) is 0. The first-order valence-electron chi connectivity index (χ1n) is 8.97. The Morgan fingerprint density at radius 2 is 0.526 bits per heavy atom. The highest BCUT2D eigenvalue weighted by molar-refractivity contribution is 5.75. The zero-order valence-corrected chi connectivity index (χ0v) is 13.0. The molecule has 0 aromatic rings. The number of hydrogen-bond donors (Lipinski definition) is 0. The van der Waals surface area contributed by atoms with Crippen molar-refractivity contribution in [2.45, 2.75) is 103 Å². The molecular formula is C18H34B. The molecule has 0 heterocycles. The summed E-state index contributed by atoms with van der Waals surface area (Å²) in [5.41, 5.74) is 0. The SMILES string of the molecule is C1CCCCC(C2CCCCCCCC2)CCC1.[B]. The molecule has 0 spiro atoms. The van der Waals surface area contributed by atoms with Gasteiger partial charge in [0.1, 0.15) is 0 Å². The van der Waals surface area contributed by atoms with Crippen molar-refractivity contribution in [1.82, 2.24) is 0 Å².